The molecule has 126 valence electrons. The maximum atomic E-state index is 14.1. The third-order valence-corrected chi connectivity index (χ3v) is 4.08. The van der Waals surface area contributed by atoms with Crippen LogP contribution >= 0.6 is 0 Å². The number of nitro groups is 1. The molecule has 0 aromatic heterocycles. The first-order valence-electron chi connectivity index (χ1n) is 7.42. The molecule has 1 aliphatic heterocycles. The third kappa shape index (κ3) is 2.90. The minimum absolute atomic E-state index is 0.134. The molecule has 1 heterocycles. The van der Waals surface area contributed by atoms with Crippen LogP contribution < -0.4 is 9.80 Å². The summed E-state index contributed by atoms with van der Waals surface area (Å²) in [5, 5.41) is 30.3. The normalized spacial score (nSPS) is 14.7. The number of piperazine rings is 1. The highest BCUT2D eigenvalue weighted by molar-refractivity contribution is 5.62. The van der Waals surface area contributed by atoms with Gasteiger partial charge in [0, 0.05) is 32.2 Å². The summed E-state index contributed by atoms with van der Waals surface area (Å²) in [4.78, 5) is 13.6. The molecule has 0 saturated carbocycles. The first-order valence-corrected chi connectivity index (χ1v) is 7.42. The number of benzene rings is 2. The van der Waals surface area contributed by atoms with E-state index < -0.39 is 22.2 Å². The van der Waals surface area contributed by atoms with Crippen molar-refractivity contribution in [2.24, 2.45) is 0 Å². The number of anilines is 2. The lowest BCUT2D eigenvalue weighted by Crippen LogP contribution is -2.46. The van der Waals surface area contributed by atoms with Gasteiger partial charge in [-0.25, -0.2) is 4.39 Å². The van der Waals surface area contributed by atoms with Crippen LogP contribution in [-0.4, -0.2) is 41.3 Å². The van der Waals surface area contributed by atoms with Gasteiger partial charge in [-0.15, -0.1) is 0 Å². The molecule has 0 unspecified atom stereocenters. The molecule has 3 rings (SSSR count). The van der Waals surface area contributed by atoms with E-state index in [4.69, 9.17) is 0 Å². The Bertz CT molecular complexity index is 776. The summed E-state index contributed by atoms with van der Waals surface area (Å²) in [5.41, 5.74) is 0.197. The van der Waals surface area contributed by atoms with Crippen molar-refractivity contribution < 1.29 is 19.5 Å². The van der Waals surface area contributed by atoms with Crippen molar-refractivity contribution in [3.8, 4) is 11.5 Å². The van der Waals surface area contributed by atoms with Gasteiger partial charge in [0.15, 0.2) is 11.6 Å². The predicted molar refractivity (Wildman–Crippen MR) is 87.3 cm³/mol. The third-order valence-electron chi connectivity index (χ3n) is 4.08. The van der Waals surface area contributed by atoms with Gasteiger partial charge in [-0.3, -0.25) is 10.1 Å². The Hall–Kier alpha value is -3.03. The molecule has 0 radical (unpaired) electrons. The van der Waals surface area contributed by atoms with Crippen molar-refractivity contribution in [2.45, 2.75) is 0 Å². The molecule has 2 aromatic carbocycles. The van der Waals surface area contributed by atoms with Gasteiger partial charge in [0.1, 0.15) is 5.75 Å². The second-order valence-corrected chi connectivity index (χ2v) is 5.51. The number of para-hydroxylation sites is 2. The number of aromatic hydroxyl groups is 2. The highest BCUT2D eigenvalue weighted by atomic mass is 19.1. The fraction of sp³-hybridized carbons (Fsp3) is 0.250. The minimum Gasteiger partial charge on any atom is -0.506 e. The standard InChI is InChI=1S/C16H16FN3O4/c17-11-9-14(20(23)24)16(22)10-13(11)19-7-5-18(6-8-19)12-3-1-2-4-15(12)21/h1-4,9-10,21-22H,5-8H2. The van der Waals surface area contributed by atoms with Crippen LogP contribution in [0.1, 0.15) is 0 Å². The topological polar surface area (TPSA) is 90.1 Å². The zero-order valence-corrected chi connectivity index (χ0v) is 12.7. The van der Waals surface area contributed by atoms with E-state index in [0.29, 0.717) is 31.9 Å². The average molecular weight is 333 g/mol. The minimum atomic E-state index is -0.821. The summed E-state index contributed by atoms with van der Waals surface area (Å²) in [7, 11) is 0. The van der Waals surface area contributed by atoms with Crippen LogP contribution in [0, 0.1) is 15.9 Å². The lowest BCUT2D eigenvalue weighted by atomic mass is 10.2. The van der Waals surface area contributed by atoms with Crippen LogP contribution in [0.5, 0.6) is 11.5 Å². The van der Waals surface area contributed by atoms with Crippen molar-refractivity contribution in [3.63, 3.8) is 0 Å². The van der Waals surface area contributed by atoms with Gasteiger partial charge in [0.05, 0.1) is 22.4 Å². The van der Waals surface area contributed by atoms with Crippen LogP contribution in [0.2, 0.25) is 0 Å². The number of nitro benzene ring substituents is 1. The van der Waals surface area contributed by atoms with E-state index in [2.05, 4.69) is 0 Å². The van der Waals surface area contributed by atoms with E-state index in [1.54, 1.807) is 17.0 Å². The molecule has 1 aliphatic rings. The molecule has 0 aliphatic carbocycles. The lowest BCUT2D eigenvalue weighted by Gasteiger charge is -2.37. The van der Waals surface area contributed by atoms with Gasteiger partial charge in [-0.05, 0) is 12.1 Å². The van der Waals surface area contributed by atoms with Crippen molar-refractivity contribution in [3.05, 3.63) is 52.3 Å². The molecular formula is C16H16FN3O4. The summed E-state index contributed by atoms with van der Waals surface area (Å²) < 4.78 is 14.1. The Morgan fingerprint density at radius 3 is 2.12 bits per heavy atom. The highest BCUT2D eigenvalue weighted by Crippen LogP contribution is 2.34. The number of phenols is 2. The van der Waals surface area contributed by atoms with Gasteiger partial charge < -0.3 is 20.0 Å². The van der Waals surface area contributed by atoms with Crippen molar-refractivity contribution in [1.82, 2.24) is 0 Å². The number of rotatable bonds is 3. The molecule has 0 spiro atoms. The van der Waals surface area contributed by atoms with Crippen LogP contribution in [0.15, 0.2) is 36.4 Å². The molecular weight excluding hydrogens is 317 g/mol. The Kier molecular flexibility index (Phi) is 4.11. The zero-order chi connectivity index (χ0) is 17.3. The number of hydrogen-bond acceptors (Lipinski definition) is 6. The Labute approximate surface area is 137 Å². The lowest BCUT2D eigenvalue weighted by molar-refractivity contribution is -0.386. The van der Waals surface area contributed by atoms with Crippen LogP contribution in [-0.2, 0) is 0 Å². The quantitative estimate of drug-likeness (QED) is 0.662. The summed E-state index contributed by atoms with van der Waals surface area (Å²) >= 11 is 0. The molecule has 2 aromatic rings. The van der Waals surface area contributed by atoms with E-state index in [-0.39, 0.29) is 11.4 Å². The van der Waals surface area contributed by atoms with E-state index in [1.807, 2.05) is 17.0 Å². The largest absolute Gasteiger partial charge is 0.506 e. The summed E-state index contributed by atoms with van der Waals surface area (Å²) in [6.45, 7) is 2.02. The van der Waals surface area contributed by atoms with E-state index in [1.165, 1.54) is 0 Å². The van der Waals surface area contributed by atoms with E-state index in [9.17, 15) is 24.7 Å². The van der Waals surface area contributed by atoms with Gasteiger partial charge >= 0.3 is 5.69 Å². The fourth-order valence-corrected chi connectivity index (χ4v) is 2.85. The van der Waals surface area contributed by atoms with Crippen molar-refractivity contribution >= 4 is 17.1 Å². The summed E-state index contributed by atoms with van der Waals surface area (Å²) in [6, 6.07) is 8.81. The Morgan fingerprint density at radius 1 is 0.958 bits per heavy atom. The second kappa shape index (κ2) is 6.23. The van der Waals surface area contributed by atoms with Crippen LogP contribution in [0.3, 0.4) is 0 Å². The molecule has 0 amide bonds. The first kappa shape index (κ1) is 15.9. The molecule has 24 heavy (non-hydrogen) atoms. The van der Waals surface area contributed by atoms with Crippen molar-refractivity contribution in [2.75, 3.05) is 36.0 Å². The average Bonchev–Trinajstić information content (AvgIpc) is 2.57. The zero-order valence-electron chi connectivity index (χ0n) is 12.7. The van der Waals surface area contributed by atoms with Crippen molar-refractivity contribution in [1.29, 1.82) is 0 Å². The SMILES string of the molecule is O=[N+]([O-])c1cc(F)c(N2CCN(c3ccccc3O)CC2)cc1O. The first-order chi connectivity index (χ1) is 11.5. The molecule has 8 heteroatoms. The maximum Gasteiger partial charge on any atom is 0.313 e. The van der Waals surface area contributed by atoms with Gasteiger partial charge in [-0.1, -0.05) is 12.1 Å². The number of nitrogens with zero attached hydrogens (tertiary/aromatic N) is 3. The maximum absolute atomic E-state index is 14.1. The second-order valence-electron chi connectivity index (χ2n) is 5.51. The summed E-state index contributed by atoms with van der Waals surface area (Å²) in [6.07, 6.45) is 0. The fourth-order valence-electron chi connectivity index (χ4n) is 2.85. The Morgan fingerprint density at radius 2 is 1.54 bits per heavy atom. The van der Waals surface area contributed by atoms with E-state index in [0.717, 1.165) is 12.1 Å². The highest BCUT2D eigenvalue weighted by Gasteiger charge is 2.24. The van der Waals surface area contributed by atoms with Gasteiger partial charge in [0.2, 0.25) is 0 Å². The molecule has 0 atom stereocenters. The van der Waals surface area contributed by atoms with Gasteiger partial charge in [0.25, 0.3) is 0 Å². The van der Waals surface area contributed by atoms with Crippen LogP contribution in [0.25, 0.3) is 0 Å². The molecule has 1 saturated heterocycles. The molecule has 1 fully saturated rings. The molecule has 7 nitrogen and oxygen atoms in total. The van der Waals surface area contributed by atoms with Gasteiger partial charge in [-0.2, -0.15) is 0 Å². The summed E-state index contributed by atoms with van der Waals surface area (Å²) in [5.74, 6) is -1.11. The molecule has 0 bridgehead atoms. The predicted octanol–water partition coefficient (Wildman–Crippen LogP) is 2.47. The van der Waals surface area contributed by atoms with E-state index >= 15 is 0 Å². The number of halogens is 1. The number of hydrogen-bond donors (Lipinski definition) is 2. The van der Waals surface area contributed by atoms with Crippen LogP contribution in [0.4, 0.5) is 21.5 Å². The molecule has 2 N–H and O–H groups in total. The monoisotopic (exact) mass is 333 g/mol. The smallest absolute Gasteiger partial charge is 0.313 e. The Balaban J connectivity index is 1.77. The number of phenolic OH excluding ortho intramolecular Hbond substituents is 2.